The minimum atomic E-state index is -0.0315. The van der Waals surface area contributed by atoms with Crippen LogP contribution in [0.4, 0.5) is 0 Å². The van der Waals surface area contributed by atoms with Gasteiger partial charge < -0.3 is 0 Å². The Morgan fingerprint density at radius 1 is 1.43 bits per heavy atom. The molecule has 0 aromatic heterocycles. The van der Waals surface area contributed by atoms with Crippen molar-refractivity contribution in [3.05, 3.63) is 46.0 Å². The molecule has 0 N–H and O–H groups in total. The number of nitrogens with zero attached hydrogens (tertiary/aromatic N) is 2. The van der Waals surface area contributed by atoms with Crippen molar-refractivity contribution < 1.29 is 4.79 Å². The van der Waals surface area contributed by atoms with E-state index in [9.17, 15) is 4.79 Å². The number of ketones is 1. The largest absolute Gasteiger partial charge is 0.289 e. The molecule has 0 spiro atoms. The molecule has 0 aromatic carbocycles. The van der Waals surface area contributed by atoms with Crippen molar-refractivity contribution in [2.24, 2.45) is 0 Å². The molecule has 3 nitrogen and oxygen atoms in total. The molecule has 3 heteroatoms. The summed E-state index contributed by atoms with van der Waals surface area (Å²) >= 11 is 0. The molecule has 0 bridgehead atoms. The van der Waals surface area contributed by atoms with Gasteiger partial charge in [0.25, 0.3) is 5.70 Å². The van der Waals surface area contributed by atoms with Gasteiger partial charge in [0.15, 0.2) is 5.78 Å². The standard InChI is InChI=1S/C11H8N2O/c1-7-4-9(10(6-12)13-3)5-8(2)11(7)14/h4-5H,1-2H3. The van der Waals surface area contributed by atoms with Crippen LogP contribution in [0.15, 0.2) is 34.6 Å². The van der Waals surface area contributed by atoms with Gasteiger partial charge in [-0.3, -0.25) is 4.79 Å². The second kappa shape index (κ2) is 3.72. The summed E-state index contributed by atoms with van der Waals surface area (Å²) in [6.07, 6.45) is 3.15. The van der Waals surface area contributed by atoms with E-state index in [1.807, 2.05) is 0 Å². The van der Waals surface area contributed by atoms with Crippen LogP contribution in [-0.4, -0.2) is 5.78 Å². The number of carbonyl (C=O) groups is 1. The number of allylic oxidation sites excluding steroid dienone is 6. The maximum absolute atomic E-state index is 11.4. The second-order valence-electron chi connectivity index (χ2n) is 3.01. The number of rotatable bonds is 0. The van der Waals surface area contributed by atoms with E-state index in [0.717, 1.165) is 0 Å². The van der Waals surface area contributed by atoms with E-state index in [-0.39, 0.29) is 11.5 Å². The van der Waals surface area contributed by atoms with Gasteiger partial charge >= 0.3 is 0 Å². The molecule has 0 heterocycles. The molecule has 0 saturated heterocycles. The quantitative estimate of drug-likeness (QED) is 0.427. The van der Waals surface area contributed by atoms with Crippen LogP contribution in [0.5, 0.6) is 0 Å². The van der Waals surface area contributed by atoms with E-state index in [1.165, 1.54) is 0 Å². The Morgan fingerprint density at radius 2 is 1.93 bits per heavy atom. The number of nitriles is 1. The summed E-state index contributed by atoms with van der Waals surface area (Å²) in [4.78, 5) is 14.4. The fraction of sp³-hybridized carbons (Fsp3) is 0.182. The average Bonchev–Trinajstić information content (AvgIpc) is 2.16. The Labute approximate surface area is 82.5 Å². The Kier molecular flexibility index (Phi) is 2.65. The first-order chi connectivity index (χ1) is 6.60. The molecule has 0 atom stereocenters. The van der Waals surface area contributed by atoms with Crippen molar-refractivity contribution in [3.63, 3.8) is 0 Å². The fourth-order valence-electron chi connectivity index (χ4n) is 1.24. The summed E-state index contributed by atoms with van der Waals surface area (Å²) in [7, 11) is 0. The van der Waals surface area contributed by atoms with Crippen LogP contribution in [0.2, 0.25) is 0 Å². The van der Waals surface area contributed by atoms with Crippen molar-refractivity contribution >= 4 is 5.78 Å². The normalized spacial score (nSPS) is 15.1. The summed E-state index contributed by atoms with van der Waals surface area (Å²) in [6, 6.07) is 1.80. The zero-order chi connectivity index (χ0) is 10.7. The first-order valence-corrected chi connectivity index (χ1v) is 4.03. The predicted octanol–water partition coefficient (Wildman–Crippen LogP) is 2.16. The van der Waals surface area contributed by atoms with Gasteiger partial charge in [-0.05, 0) is 30.6 Å². The number of carbonyl (C=O) groups excluding carboxylic acids is 1. The number of Topliss-reactive ketones (excluding diaryl/α,β-unsaturated/α-hetero) is 1. The zero-order valence-corrected chi connectivity index (χ0v) is 7.96. The fourth-order valence-corrected chi connectivity index (χ4v) is 1.24. The van der Waals surface area contributed by atoms with Gasteiger partial charge in [-0.15, -0.1) is 0 Å². The summed E-state index contributed by atoms with van der Waals surface area (Å²) in [5.41, 5.74) is 1.68. The lowest BCUT2D eigenvalue weighted by molar-refractivity contribution is -0.112. The molecule has 68 valence electrons. The van der Waals surface area contributed by atoms with E-state index < -0.39 is 0 Å². The first kappa shape index (κ1) is 9.95. The van der Waals surface area contributed by atoms with E-state index in [4.69, 9.17) is 11.8 Å². The lowest BCUT2D eigenvalue weighted by Gasteiger charge is -2.09. The SMILES string of the molecule is [C-]#[N+]C(C#N)=C1C=C(C)C(=O)C(C)=C1. The molecule has 0 radical (unpaired) electrons. The van der Waals surface area contributed by atoms with Crippen molar-refractivity contribution in [2.45, 2.75) is 13.8 Å². The highest BCUT2D eigenvalue weighted by molar-refractivity contribution is 6.09. The van der Waals surface area contributed by atoms with E-state index in [0.29, 0.717) is 16.7 Å². The van der Waals surface area contributed by atoms with E-state index >= 15 is 0 Å². The lowest BCUT2D eigenvalue weighted by atomic mass is 9.95. The molecule has 0 saturated carbocycles. The van der Waals surface area contributed by atoms with Crippen LogP contribution in [0.25, 0.3) is 4.85 Å². The zero-order valence-electron chi connectivity index (χ0n) is 7.96. The van der Waals surface area contributed by atoms with E-state index in [1.54, 1.807) is 32.1 Å². The predicted molar refractivity (Wildman–Crippen MR) is 51.8 cm³/mol. The number of hydrogen-bond acceptors (Lipinski definition) is 2. The minimum absolute atomic E-state index is 0.0243. The van der Waals surface area contributed by atoms with Gasteiger partial charge in [-0.2, -0.15) is 0 Å². The highest BCUT2D eigenvalue weighted by atomic mass is 16.1. The molecular weight excluding hydrogens is 176 g/mol. The molecule has 0 unspecified atom stereocenters. The van der Waals surface area contributed by atoms with Crippen LogP contribution in [0, 0.1) is 17.9 Å². The molecule has 0 fully saturated rings. The van der Waals surface area contributed by atoms with Crippen LogP contribution in [0.1, 0.15) is 13.8 Å². The Morgan fingerprint density at radius 3 is 2.29 bits per heavy atom. The van der Waals surface area contributed by atoms with Gasteiger partial charge in [0.1, 0.15) is 0 Å². The Hall–Kier alpha value is -2.13. The highest BCUT2D eigenvalue weighted by Crippen LogP contribution is 2.21. The van der Waals surface area contributed by atoms with Crippen molar-refractivity contribution in [1.82, 2.24) is 0 Å². The third-order valence-corrected chi connectivity index (χ3v) is 1.95. The molecule has 1 aliphatic rings. The van der Waals surface area contributed by atoms with Crippen LogP contribution < -0.4 is 0 Å². The van der Waals surface area contributed by atoms with Crippen LogP contribution in [-0.2, 0) is 4.79 Å². The molecule has 1 aliphatic carbocycles. The van der Waals surface area contributed by atoms with Gasteiger partial charge in [-0.1, -0.05) is 12.2 Å². The number of hydrogen-bond donors (Lipinski definition) is 0. The van der Waals surface area contributed by atoms with Crippen molar-refractivity contribution in [1.29, 1.82) is 5.26 Å². The molecule has 1 rings (SSSR count). The third-order valence-electron chi connectivity index (χ3n) is 1.95. The summed E-state index contributed by atoms with van der Waals surface area (Å²) in [6.45, 7) is 10.1. The molecule has 0 aliphatic heterocycles. The van der Waals surface area contributed by atoms with Gasteiger partial charge in [0.2, 0.25) is 0 Å². The first-order valence-electron chi connectivity index (χ1n) is 4.03. The monoisotopic (exact) mass is 184 g/mol. The molecule has 14 heavy (non-hydrogen) atoms. The van der Waals surface area contributed by atoms with Gasteiger partial charge in [0.05, 0.1) is 12.6 Å². The lowest BCUT2D eigenvalue weighted by Crippen LogP contribution is -2.06. The summed E-state index contributed by atoms with van der Waals surface area (Å²) < 4.78 is 0. The Balaban J connectivity index is 3.34. The van der Waals surface area contributed by atoms with Crippen molar-refractivity contribution in [3.8, 4) is 6.07 Å². The highest BCUT2D eigenvalue weighted by Gasteiger charge is 2.14. The Bertz CT molecular complexity index is 424. The van der Waals surface area contributed by atoms with Gasteiger partial charge in [0, 0.05) is 0 Å². The summed E-state index contributed by atoms with van der Waals surface area (Å²) in [5, 5.41) is 8.65. The molecule has 0 aromatic rings. The smallest absolute Gasteiger partial charge is 0.268 e. The summed E-state index contributed by atoms with van der Waals surface area (Å²) in [5.74, 6) is -0.0315. The maximum atomic E-state index is 11.4. The second-order valence-corrected chi connectivity index (χ2v) is 3.01. The minimum Gasteiger partial charge on any atom is -0.289 e. The topological polar surface area (TPSA) is 45.2 Å². The maximum Gasteiger partial charge on any atom is 0.268 e. The van der Waals surface area contributed by atoms with Crippen molar-refractivity contribution in [2.75, 3.05) is 0 Å². The van der Waals surface area contributed by atoms with E-state index in [2.05, 4.69) is 4.85 Å². The van der Waals surface area contributed by atoms with Gasteiger partial charge in [-0.25, -0.2) is 10.1 Å². The average molecular weight is 184 g/mol. The van der Waals surface area contributed by atoms with Crippen LogP contribution >= 0.6 is 0 Å². The third kappa shape index (κ3) is 1.62. The molecule has 0 amide bonds. The molecular formula is C11H8N2O. The van der Waals surface area contributed by atoms with Crippen LogP contribution in [0.3, 0.4) is 0 Å².